The van der Waals surface area contributed by atoms with E-state index in [1.54, 1.807) is 4.57 Å². The average molecular weight is 406 g/mol. The van der Waals surface area contributed by atoms with Gasteiger partial charge in [0, 0.05) is 19.6 Å². The maximum absolute atomic E-state index is 13.4. The molecule has 1 aliphatic rings. The monoisotopic (exact) mass is 405 g/mol. The standard InChI is InChI=1S/C23H27N5O2/c1-2-20(27-13-12-25-19(15-27)21(24)29)22-26-18-11-7-6-10-17(18)23(30)28(22)14-16-8-4-3-5-9-16/h3-11,19-20,25H,2,12-15H2,1H3,(H2,24,29). The first kappa shape index (κ1) is 20.3. The molecule has 2 heterocycles. The zero-order chi connectivity index (χ0) is 21.1. The summed E-state index contributed by atoms with van der Waals surface area (Å²) >= 11 is 0. The van der Waals surface area contributed by atoms with Crippen LogP contribution < -0.4 is 16.6 Å². The van der Waals surface area contributed by atoms with Gasteiger partial charge in [-0.05, 0) is 24.1 Å². The molecule has 0 bridgehead atoms. The molecule has 0 aliphatic carbocycles. The molecule has 0 radical (unpaired) electrons. The second-order valence-corrected chi connectivity index (χ2v) is 7.69. The number of aromatic nitrogens is 2. The number of benzene rings is 2. The Morgan fingerprint density at radius 1 is 1.20 bits per heavy atom. The van der Waals surface area contributed by atoms with Gasteiger partial charge in [-0.3, -0.25) is 19.1 Å². The highest BCUT2D eigenvalue weighted by atomic mass is 16.1. The Bertz CT molecular complexity index is 1100. The van der Waals surface area contributed by atoms with E-state index in [4.69, 9.17) is 10.7 Å². The van der Waals surface area contributed by atoms with E-state index in [-0.39, 0.29) is 17.5 Å². The zero-order valence-electron chi connectivity index (χ0n) is 17.1. The highest BCUT2D eigenvalue weighted by Gasteiger charge is 2.31. The fourth-order valence-corrected chi connectivity index (χ4v) is 4.21. The number of nitrogens with zero attached hydrogens (tertiary/aromatic N) is 3. The highest BCUT2D eigenvalue weighted by molar-refractivity contribution is 5.80. The lowest BCUT2D eigenvalue weighted by Gasteiger charge is -2.37. The van der Waals surface area contributed by atoms with Crippen LogP contribution in [0.25, 0.3) is 10.9 Å². The lowest BCUT2D eigenvalue weighted by atomic mass is 10.1. The normalized spacial score (nSPS) is 18.4. The summed E-state index contributed by atoms with van der Waals surface area (Å²) in [6.45, 7) is 4.47. The van der Waals surface area contributed by atoms with Crippen LogP contribution in [0.5, 0.6) is 0 Å². The summed E-state index contributed by atoms with van der Waals surface area (Å²) in [7, 11) is 0. The number of amides is 1. The van der Waals surface area contributed by atoms with Gasteiger partial charge in [0.2, 0.25) is 5.91 Å². The summed E-state index contributed by atoms with van der Waals surface area (Å²) in [6.07, 6.45) is 0.769. The van der Waals surface area contributed by atoms with Crippen molar-refractivity contribution in [1.29, 1.82) is 0 Å². The third-order valence-corrected chi connectivity index (χ3v) is 5.75. The Balaban J connectivity index is 1.82. The Morgan fingerprint density at radius 3 is 2.67 bits per heavy atom. The van der Waals surface area contributed by atoms with Crippen LogP contribution in [0.1, 0.15) is 30.8 Å². The van der Waals surface area contributed by atoms with Crippen molar-refractivity contribution in [2.45, 2.75) is 32.0 Å². The van der Waals surface area contributed by atoms with E-state index in [2.05, 4.69) is 17.1 Å². The van der Waals surface area contributed by atoms with E-state index >= 15 is 0 Å². The maximum atomic E-state index is 13.4. The van der Waals surface area contributed by atoms with Gasteiger partial charge in [-0.25, -0.2) is 4.98 Å². The number of para-hydroxylation sites is 1. The molecule has 2 unspecified atom stereocenters. The summed E-state index contributed by atoms with van der Waals surface area (Å²) in [5, 5.41) is 3.78. The fourth-order valence-electron chi connectivity index (χ4n) is 4.21. The molecule has 30 heavy (non-hydrogen) atoms. The number of nitrogens with one attached hydrogen (secondary N) is 1. The van der Waals surface area contributed by atoms with Gasteiger partial charge < -0.3 is 11.1 Å². The molecular formula is C23H27N5O2. The second-order valence-electron chi connectivity index (χ2n) is 7.69. The molecule has 7 heteroatoms. The molecule has 1 saturated heterocycles. The second kappa shape index (κ2) is 8.77. The molecule has 4 rings (SSSR count). The van der Waals surface area contributed by atoms with Gasteiger partial charge in [-0.15, -0.1) is 0 Å². The Labute approximate surface area is 175 Å². The lowest BCUT2D eigenvalue weighted by Crippen LogP contribution is -2.57. The third kappa shape index (κ3) is 3.99. The van der Waals surface area contributed by atoms with E-state index < -0.39 is 6.04 Å². The van der Waals surface area contributed by atoms with E-state index in [9.17, 15) is 9.59 Å². The van der Waals surface area contributed by atoms with E-state index in [0.717, 1.165) is 24.4 Å². The van der Waals surface area contributed by atoms with Crippen molar-refractivity contribution in [3.05, 3.63) is 76.3 Å². The van der Waals surface area contributed by atoms with E-state index in [1.165, 1.54) is 0 Å². The molecule has 3 N–H and O–H groups in total. The van der Waals surface area contributed by atoms with Crippen molar-refractivity contribution in [2.75, 3.05) is 19.6 Å². The van der Waals surface area contributed by atoms with Gasteiger partial charge in [0.15, 0.2) is 0 Å². The number of primary amides is 1. The minimum atomic E-state index is -0.400. The number of nitrogens with two attached hydrogens (primary N) is 1. The molecule has 1 aliphatic heterocycles. The molecule has 1 amide bonds. The van der Waals surface area contributed by atoms with Crippen LogP contribution in [0.3, 0.4) is 0 Å². The largest absolute Gasteiger partial charge is 0.368 e. The van der Waals surface area contributed by atoms with Crippen LogP contribution in [0.2, 0.25) is 0 Å². The van der Waals surface area contributed by atoms with E-state index in [0.29, 0.717) is 30.5 Å². The molecule has 7 nitrogen and oxygen atoms in total. The predicted octanol–water partition coefficient (Wildman–Crippen LogP) is 1.65. The van der Waals surface area contributed by atoms with Crippen LogP contribution in [0.15, 0.2) is 59.4 Å². The number of rotatable bonds is 6. The topological polar surface area (TPSA) is 93.2 Å². The molecule has 2 aromatic carbocycles. The van der Waals surface area contributed by atoms with Gasteiger partial charge in [0.1, 0.15) is 5.82 Å². The number of fused-ring (bicyclic) bond motifs is 1. The molecule has 3 aromatic rings. The Morgan fingerprint density at radius 2 is 1.93 bits per heavy atom. The van der Waals surface area contributed by atoms with Gasteiger partial charge in [-0.1, -0.05) is 49.4 Å². The number of piperazine rings is 1. The Kier molecular flexibility index (Phi) is 5.92. The van der Waals surface area contributed by atoms with Crippen molar-refractivity contribution in [1.82, 2.24) is 19.8 Å². The SMILES string of the molecule is CCC(c1nc2ccccc2c(=O)n1Cc1ccccc1)N1CCNC(C(N)=O)C1. The average Bonchev–Trinajstić information content (AvgIpc) is 2.78. The lowest BCUT2D eigenvalue weighted by molar-refractivity contribution is -0.121. The molecule has 2 atom stereocenters. The van der Waals surface area contributed by atoms with Crippen molar-refractivity contribution >= 4 is 16.8 Å². The van der Waals surface area contributed by atoms with Crippen LogP contribution >= 0.6 is 0 Å². The van der Waals surface area contributed by atoms with Crippen LogP contribution in [0.4, 0.5) is 0 Å². The molecule has 0 saturated carbocycles. The van der Waals surface area contributed by atoms with Crippen molar-refractivity contribution in [3.8, 4) is 0 Å². The summed E-state index contributed by atoms with van der Waals surface area (Å²) in [4.78, 5) is 32.3. The summed E-state index contributed by atoms with van der Waals surface area (Å²) in [5.41, 5.74) is 7.24. The van der Waals surface area contributed by atoms with E-state index in [1.807, 2.05) is 54.6 Å². The zero-order valence-corrected chi connectivity index (χ0v) is 17.1. The smallest absolute Gasteiger partial charge is 0.261 e. The third-order valence-electron chi connectivity index (χ3n) is 5.75. The molecule has 1 aromatic heterocycles. The number of carbonyl (C=O) groups is 1. The predicted molar refractivity (Wildman–Crippen MR) is 117 cm³/mol. The van der Waals surface area contributed by atoms with Crippen molar-refractivity contribution in [2.24, 2.45) is 5.73 Å². The van der Waals surface area contributed by atoms with Crippen molar-refractivity contribution < 1.29 is 4.79 Å². The molecular weight excluding hydrogens is 378 g/mol. The maximum Gasteiger partial charge on any atom is 0.261 e. The highest BCUT2D eigenvalue weighted by Crippen LogP contribution is 2.25. The first-order valence-corrected chi connectivity index (χ1v) is 10.4. The van der Waals surface area contributed by atoms with Crippen LogP contribution in [-0.2, 0) is 11.3 Å². The number of carbonyl (C=O) groups excluding carboxylic acids is 1. The number of hydrogen-bond donors (Lipinski definition) is 2. The molecule has 1 fully saturated rings. The fraction of sp³-hybridized carbons (Fsp3) is 0.348. The molecule has 156 valence electrons. The summed E-state index contributed by atoms with van der Waals surface area (Å²) in [5.74, 6) is 0.373. The first-order chi connectivity index (χ1) is 14.6. The first-order valence-electron chi connectivity index (χ1n) is 10.4. The van der Waals surface area contributed by atoms with Gasteiger partial charge in [0.25, 0.3) is 5.56 Å². The van der Waals surface area contributed by atoms with Gasteiger partial charge in [-0.2, -0.15) is 0 Å². The summed E-state index contributed by atoms with van der Waals surface area (Å²) in [6, 6.07) is 16.9. The minimum absolute atomic E-state index is 0.0421. The van der Waals surface area contributed by atoms with Crippen LogP contribution in [-0.4, -0.2) is 46.0 Å². The minimum Gasteiger partial charge on any atom is -0.368 e. The number of hydrogen-bond acceptors (Lipinski definition) is 5. The summed E-state index contributed by atoms with van der Waals surface area (Å²) < 4.78 is 1.78. The van der Waals surface area contributed by atoms with Gasteiger partial charge >= 0.3 is 0 Å². The Hall–Kier alpha value is -3.03. The van der Waals surface area contributed by atoms with Gasteiger partial charge in [0.05, 0.1) is 29.5 Å². The molecule has 0 spiro atoms. The van der Waals surface area contributed by atoms with Crippen LogP contribution in [0, 0.1) is 0 Å². The van der Waals surface area contributed by atoms with Crippen molar-refractivity contribution in [3.63, 3.8) is 0 Å². The quantitative estimate of drug-likeness (QED) is 0.651.